The van der Waals surface area contributed by atoms with E-state index in [2.05, 4.69) is 10.3 Å². The van der Waals surface area contributed by atoms with Gasteiger partial charge in [-0.2, -0.15) is 0 Å². The number of ether oxygens (including phenoxy) is 1. The summed E-state index contributed by atoms with van der Waals surface area (Å²) in [6, 6.07) is 16.5. The van der Waals surface area contributed by atoms with E-state index in [4.69, 9.17) is 9.84 Å². The Bertz CT molecular complexity index is 1110. The maximum Gasteiger partial charge on any atom is 0.306 e. The summed E-state index contributed by atoms with van der Waals surface area (Å²) in [5.74, 6) is -0.534. The summed E-state index contributed by atoms with van der Waals surface area (Å²) in [5.41, 5.74) is 2.00. The number of pyridine rings is 1. The first-order valence-electron chi connectivity index (χ1n) is 10.5. The van der Waals surface area contributed by atoms with Crippen LogP contribution in [0, 0.1) is 5.92 Å². The molecule has 162 valence electrons. The van der Waals surface area contributed by atoms with Crippen LogP contribution in [0.5, 0.6) is 5.75 Å². The van der Waals surface area contributed by atoms with Crippen molar-refractivity contribution in [1.29, 1.82) is 0 Å². The normalized spacial score (nSPS) is 19.4. The molecule has 0 amide bonds. The monoisotopic (exact) mass is 422 g/mol. The average molecular weight is 422 g/mol. The van der Waals surface area contributed by atoms with Gasteiger partial charge in [0, 0.05) is 24.0 Å². The van der Waals surface area contributed by atoms with Crippen molar-refractivity contribution in [3.05, 3.63) is 76.1 Å². The number of hydrogen-bond donors (Lipinski definition) is 4. The first-order chi connectivity index (χ1) is 15.0. The van der Waals surface area contributed by atoms with Crippen LogP contribution in [0.1, 0.15) is 36.5 Å². The number of rotatable bonds is 8. The number of carboxylic acid groups (broad SMARTS) is 1. The zero-order valence-corrected chi connectivity index (χ0v) is 17.1. The Kier molecular flexibility index (Phi) is 6.34. The van der Waals surface area contributed by atoms with Crippen LogP contribution in [0.4, 0.5) is 0 Å². The van der Waals surface area contributed by atoms with Gasteiger partial charge in [0.15, 0.2) is 0 Å². The van der Waals surface area contributed by atoms with Crippen molar-refractivity contribution in [2.45, 2.75) is 38.0 Å². The second-order valence-electron chi connectivity index (χ2n) is 8.01. The van der Waals surface area contributed by atoms with Gasteiger partial charge in [0.1, 0.15) is 12.4 Å². The third kappa shape index (κ3) is 4.95. The molecule has 7 heteroatoms. The minimum Gasteiger partial charge on any atom is -0.487 e. The van der Waals surface area contributed by atoms with Gasteiger partial charge in [0.2, 0.25) is 5.56 Å². The molecule has 0 saturated heterocycles. The highest BCUT2D eigenvalue weighted by molar-refractivity contribution is 5.87. The average Bonchev–Trinajstić information content (AvgIpc) is 3.26. The summed E-state index contributed by atoms with van der Waals surface area (Å²) >= 11 is 0. The van der Waals surface area contributed by atoms with Crippen LogP contribution in [0.15, 0.2) is 59.4 Å². The molecule has 0 unspecified atom stereocenters. The van der Waals surface area contributed by atoms with Gasteiger partial charge in [0.05, 0.1) is 17.5 Å². The molecule has 0 bridgehead atoms. The van der Waals surface area contributed by atoms with E-state index in [1.165, 1.54) is 6.07 Å². The molecule has 3 atom stereocenters. The molecule has 1 fully saturated rings. The highest BCUT2D eigenvalue weighted by Crippen LogP contribution is 2.31. The van der Waals surface area contributed by atoms with Crippen LogP contribution in [0.25, 0.3) is 10.9 Å². The fourth-order valence-electron chi connectivity index (χ4n) is 4.17. The third-order valence-electron chi connectivity index (χ3n) is 5.87. The lowest BCUT2D eigenvalue weighted by Gasteiger charge is -2.19. The maximum absolute atomic E-state index is 11.9. The number of aromatic nitrogens is 1. The number of carbonyl (C=O) groups is 1. The van der Waals surface area contributed by atoms with Crippen LogP contribution in [-0.4, -0.2) is 33.8 Å². The minimum atomic E-state index is -0.805. The fraction of sp³-hybridized carbons (Fsp3) is 0.333. The van der Waals surface area contributed by atoms with Crippen molar-refractivity contribution < 1.29 is 19.7 Å². The molecule has 7 nitrogen and oxygen atoms in total. The number of aliphatic hydroxyl groups is 1. The summed E-state index contributed by atoms with van der Waals surface area (Å²) in [6.45, 7) is 0.665. The molecule has 0 radical (unpaired) electrons. The van der Waals surface area contributed by atoms with Gasteiger partial charge in [-0.15, -0.1) is 0 Å². The Morgan fingerprint density at radius 3 is 2.68 bits per heavy atom. The Labute approximate surface area is 179 Å². The van der Waals surface area contributed by atoms with Crippen LogP contribution in [-0.2, 0) is 11.4 Å². The lowest BCUT2D eigenvalue weighted by molar-refractivity contribution is -0.141. The largest absolute Gasteiger partial charge is 0.487 e. The van der Waals surface area contributed by atoms with Crippen LogP contribution >= 0.6 is 0 Å². The van der Waals surface area contributed by atoms with Crippen molar-refractivity contribution in [2.75, 3.05) is 6.54 Å². The van der Waals surface area contributed by atoms with Gasteiger partial charge in [-0.1, -0.05) is 36.4 Å². The first-order valence-corrected chi connectivity index (χ1v) is 10.5. The van der Waals surface area contributed by atoms with E-state index < -0.39 is 12.1 Å². The SMILES string of the molecule is O=C(O)[C@@H]1CC[C@H](NC[C@@H](O)c2ccc(OCc3ccccc3)c3[nH]c(=O)ccc23)C1. The highest BCUT2D eigenvalue weighted by Gasteiger charge is 2.29. The van der Waals surface area contributed by atoms with Gasteiger partial charge in [-0.3, -0.25) is 9.59 Å². The van der Waals surface area contributed by atoms with Crippen molar-refractivity contribution >= 4 is 16.9 Å². The van der Waals surface area contributed by atoms with Gasteiger partial charge >= 0.3 is 5.97 Å². The van der Waals surface area contributed by atoms with E-state index in [0.29, 0.717) is 48.2 Å². The third-order valence-corrected chi connectivity index (χ3v) is 5.87. The second kappa shape index (κ2) is 9.32. The lowest BCUT2D eigenvalue weighted by Crippen LogP contribution is -2.31. The first kappa shape index (κ1) is 21.1. The van der Waals surface area contributed by atoms with E-state index in [-0.39, 0.29) is 17.5 Å². The molecule has 0 spiro atoms. The Morgan fingerprint density at radius 1 is 1.13 bits per heavy atom. The molecule has 1 heterocycles. The Balaban J connectivity index is 1.50. The van der Waals surface area contributed by atoms with Crippen molar-refractivity contribution in [2.24, 2.45) is 5.92 Å². The fourth-order valence-corrected chi connectivity index (χ4v) is 4.17. The van der Waals surface area contributed by atoms with Crippen LogP contribution in [0.3, 0.4) is 0 Å². The molecule has 4 rings (SSSR count). The number of aliphatic carboxylic acids is 1. The zero-order valence-electron chi connectivity index (χ0n) is 17.1. The molecule has 1 aliphatic carbocycles. The smallest absolute Gasteiger partial charge is 0.306 e. The number of H-pyrrole nitrogens is 1. The molecule has 3 aromatic rings. The van der Waals surface area contributed by atoms with E-state index in [9.17, 15) is 14.7 Å². The Hall–Kier alpha value is -3.16. The predicted octanol–water partition coefficient (Wildman–Crippen LogP) is 2.98. The van der Waals surface area contributed by atoms with Crippen LogP contribution in [0.2, 0.25) is 0 Å². The summed E-state index contributed by atoms with van der Waals surface area (Å²) < 4.78 is 5.95. The summed E-state index contributed by atoms with van der Waals surface area (Å²) in [6.07, 6.45) is 1.20. The molecule has 0 aliphatic heterocycles. The Morgan fingerprint density at radius 2 is 1.94 bits per heavy atom. The van der Waals surface area contributed by atoms with Crippen molar-refractivity contribution in [3.8, 4) is 5.75 Å². The molecular weight excluding hydrogens is 396 g/mol. The van der Waals surface area contributed by atoms with E-state index in [1.807, 2.05) is 36.4 Å². The van der Waals surface area contributed by atoms with Gasteiger partial charge < -0.3 is 25.3 Å². The number of aromatic amines is 1. The van der Waals surface area contributed by atoms with Crippen LogP contribution < -0.4 is 15.6 Å². The van der Waals surface area contributed by atoms with E-state index in [1.54, 1.807) is 12.1 Å². The minimum absolute atomic E-state index is 0.0790. The molecule has 31 heavy (non-hydrogen) atoms. The maximum atomic E-state index is 11.9. The summed E-state index contributed by atoms with van der Waals surface area (Å²) in [5, 5.41) is 24.0. The number of hydrogen-bond acceptors (Lipinski definition) is 5. The summed E-state index contributed by atoms with van der Waals surface area (Å²) in [7, 11) is 0. The molecule has 1 aliphatic rings. The molecule has 1 aromatic heterocycles. The van der Waals surface area contributed by atoms with E-state index >= 15 is 0 Å². The molecule has 2 aromatic carbocycles. The van der Waals surface area contributed by atoms with Gasteiger partial charge in [-0.05, 0) is 42.5 Å². The number of aliphatic hydroxyl groups excluding tert-OH is 1. The molecule has 4 N–H and O–H groups in total. The molecular formula is C24H26N2O5. The zero-order chi connectivity index (χ0) is 21.8. The number of nitrogens with one attached hydrogen (secondary N) is 2. The summed E-state index contributed by atoms with van der Waals surface area (Å²) in [4.78, 5) is 25.9. The van der Waals surface area contributed by atoms with Crippen molar-refractivity contribution in [3.63, 3.8) is 0 Å². The lowest BCUT2D eigenvalue weighted by atomic mass is 10.0. The number of benzene rings is 2. The van der Waals surface area contributed by atoms with Gasteiger partial charge in [0.25, 0.3) is 0 Å². The number of fused-ring (bicyclic) bond motifs is 1. The highest BCUT2D eigenvalue weighted by atomic mass is 16.5. The molecule has 1 saturated carbocycles. The van der Waals surface area contributed by atoms with E-state index in [0.717, 1.165) is 12.0 Å². The standard InChI is InChI=1S/C24H26N2O5/c27-20(13-25-17-7-6-16(12-17)24(29)30)18-8-10-21(23-19(18)9-11-22(28)26-23)31-14-15-4-2-1-3-5-15/h1-5,8-11,16-17,20,25,27H,6-7,12-14H2,(H,26,28)(H,29,30)/t16-,17+,20-/m1/s1. The predicted molar refractivity (Wildman–Crippen MR) is 117 cm³/mol. The van der Waals surface area contributed by atoms with Gasteiger partial charge in [-0.25, -0.2) is 0 Å². The topological polar surface area (TPSA) is 112 Å². The second-order valence-corrected chi connectivity index (χ2v) is 8.01. The number of carboxylic acids is 1. The van der Waals surface area contributed by atoms with Crippen molar-refractivity contribution in [1.82, 2.24) is 10.3 Å². The quantitative estimate of drug-likeness (QED) is 0.444.